The standard InChI is InChI=1S/C24H31N5O2/c1-28(15-17-6-3-2-4-7-17)16-20(14-25)27-23(30)19-9-8-18-12-22-24(31)26-10-5-11-29(22)21(18)13-19/h8-9,12-14,16-17,25H,2-7,10-11,15H2,1H3,(H,26,31)(H,27,30). The van der Waals surface area contributed by atoms with Crippen molar-refractivity contribution < 1.29 is 9.59 Å². The summed E-state index contributed by atoms with van der Waals surface area (Å²) in [6, 6.07) is 7.35. The first-order valence-electron chi connectivity index (χ1n) is 11.2. The summed E-state index contributed by atoms with van der Waals surface area (Å²) < 4.78 is 1.99. The molecule has 0 unspecified atom stereocenters. The van der Waals surface area contributed by atoms with Crippen molar-refractivity contribution in [1.29, 1.82) is 5.41 Å². The second-order valence-corrected chi connectivity index (χ2v) is 8.69. The number of hydrogen-bond donors (Lipinski definition) is 3. The maximum absolute atomic E-state index is 12.9. The zero-order chi connectivity index (χ0) is 21.8. The van der Waals surface area contributed by atoms with Crippen LogP contribution in [0.5, 0.6) is 0 Å². The van der Waals surface area contributed by atoms with Crippen LogP contribution in [-0.4, -0.2) is 47.6 Å². The van der Waals surface area contributed by atoms with Gasteiger partial charge in [0.15, 0.2) is 0 Å². The summed E-state index contributed by atoms with van der Waals surface area (Å²) in [7, 11) is 2.00. The van der Waals surface area contributed by atoms with E-state index in [9.17, 15) is 9.59 Å². The molecule has 0 radical (unpaired) electrons. The Labute approximate surface area is 183 Å². The average molecular weight is 422 g/mol. The number of nitrogens with one attached hydrogen (secondary N) is 3. The minimum atomic E-state index is -0.253. The highest BCUT2D eigenvalue weighted by atomic mass is 16.2. The van der Waals surface area contributed by atoms with E-state index in [-0.39, 0.29) is 11.8 Å². The summed E-state index contributed by atoms with van der Waals surface area (Å²) in [5.41, 5.74) is 2.50. The third-order valence-electron chi connectivity index (χ3n) is 6.29. The first-order valence-corrected chi connectivity index (χ1v) is 11.2. The van der Waals surface area contributed by atoms with Gasteiger partial charge in [-0.3, -0.25) is 9.59 Å². The molecule has 1 aliphatic heterocycles. The lowest BCUT2D eigenvalue weighted by molar-refractivity contribution is 0.0948. The van der Waals surface area contributed by atoms with E-state index in [1.807, 2.05) is 36.0 Å². The van der Waals surface area contributed by atoms with Crippen LogP contribution in [-0.2, 0) is 6.54 Å². The zero-order valence-electron chi connectivity index (χ0n) is 18.1. The van der Waals surface area contributed by atoms with Gasteiger partial charge in [0, 0.05) is 55.6 Å². The predicted octanol–water partition coefficient (Wildman–Crippen LogP) is 3.51. The molecule has 1 fully saturated rings. The molecule has 31 heavy (non-hydrogen) atoms. The number of fused-ring (bicyclic) bond motifs is 3. The molecule has 2 aliphatic rings. The summed E-state index contributed by atoms with van der Waals surface area (Å²) in [5, 5.41) is 14.4. The van der Waals surface area contributed by atoms with Gasteiger partial charge in [0.25, 0.3) is 11.8 Å². The lowest BCUT2D eigenvalue weighted by Gasteiger charge is -2.26. The lowest BCUT2D eigenvalue weighted by Crippen LogP contribution is -2.28. The van der Waals surface area contributed by atoms with Gasteiger partial charge in [-0.15, -0.1) is 0 Å². The van der Waals surface area contributed by atoms with Gasteiger partial charge in [-0.1, -0.05) is 25.3 Å². The highest BCUT2D eigenvalue weighted by Crippen LogP contribution is 2.25. The molecule has 1 aromatic carbocycles. The van der Waals surface area contributed by atoms with Gasteiger partial charge in [-0.25, -0.2) is 0 Å². The Morgan fingerprint density at radius 2 is 2.06 bits per heavy atom. The Bertz CT molecular complexity index is 1020. The molecule has 1 aliphatic carbocycles. The van der Waals surface area contributed by atoms with E-state index in [0.717, 1.165) is 30.4 Å². The second kappa shape index (κ2) is 9.37. The van der Waals surface area contributed by atoms with Gasteiger partial charge >= 0.3 is 0 Å². The van der Waals surface area contributed by atoms with Crippen molar-refractivity contribution in [3.8, 4) is 0 Å². The fourth-order valence-electron chi connectivity index (χ4n) is 4.73. The van der Waals surface area contributed by atoms with Crippen LogP contribution in [0, 0.1) is 11.3 Å². The molecule has 1 aromatic heterocycles. The third kappa shape index (κ3) is 4.81. The van der Waals surface area contributed by atoms with Crippen LogP contribution in [0.15, 0.2) is 36.2 Å². The van der Waals surface area contributed by atoms with E-state index < -0.39 is 0 Å². The number of allylic oxidation sites excluding steroid dienone is 1. The highest BCUT2D eigenvalue weighted by molar-refractivity contribution is 6.03. The normalized spacial score (nSPS) is 17.6. The average Bonchev–Trinajstić information content (AvgIpc) is 3.04. The molecule has 4 rings (SSSR count). The highest BCUT2D eigenvalue weighted by Gasteiger charge is 2.19. The van der Waals surface area contributed by atoms with E-state index in [4.69, 9.17) is 5.41 Å². The molecule has 1 saturated carbocycles. The third-order valence-corrected chi connectivity index (χ3v) is 6.29. The number of benzene rings is 1. The fraction of sp³-hybridized carbons (Fsp3) is 0.458. The minimum Gasteiger partial charge on any atom is -0.378 e. The van der Waals surface area contributed by atoms with Crippen LogP contribution in [0.25, 0.3) is 10.9 Å². The molecule has 3 N–H and O–H groups in total. The molecular formula is C24H31N5O2. The lowest BCUT2D eigenvalue weighted by atomic mass is 9.89. The quantitative estimate of drug-likeness (QED) is 0.624. The van der Waals surface area contributed by atoms with Crippen molar-refractivity contribution in [3.05, 3.63) is 47.4 Å². The predicted molar refractivity (Wildman–Crippen MR) is 122 cm³/mol. The maximum atomic E-state index is 12.9. The Hall–Kier alpha value is -3.09. The number of carbonyl (C=O) groups is 2. The van der Waals surface area contributed by atoms with E-state index in [1.54, 1.807) is 6.07 Å². The first kappa shape index (κ1) is 21.2. The van der Waals surface area contributed by atoms with Crippen LogP contribution in [0.2, 0.25) is 0 Å². The second-order valence-electron chi connectivity index (χ2n) is 8.69. The summed E-state index contributed by atoms with van der Waals surface area (Å²) in [5.74, 6) is 0.355. The SMILES string of the molecule is CN(C=C(C=N)NC(=O)c1ccc2cc3n(c2c1)CCCNC3=O)CC1CCCCC1. The van der Waals surface area contributed by atoms with Crippen molar-refractivity contribution in [3.63, 3.8) is 0 Å². The van der Waals surface area contributed by atoms with Gasteiger partial charge in [-0.05, 0) is 43.4 Å². The first-order chi connectivity index (χ1) is 15.0. The Balaban J connectivity index is 1.49. The largest absolute Gasteiger partial charge is 0.378 e. The number of hydrogen-bond acceptors (Lipinski definition) is 4. The summed E-state index contributed by atoms with van der Waals surface area (Å²) in [4.78, 5) is 27.2. The zero-order valence-corrected chi connectivity index (χ0v) is 18.1. The van der Waals surface area contributed by atoms with Gasteiger partial charge in [-0.2, -0.15) is 0 Å². The van der Waals surface area contributed by atoms with E-state index >= 15 is 0 Å². The number of rotatable bonds is 6. The van der Waals surface area contributed by atoms with Crippen molar-refractivity contribution in [2.24, 2.45) is 5.92 Å². The number of amides is 2. The summed E-state index contributed by atoms with van der Waals surface area (Å²) in [6.07, 6.45) is 10.3. The number of nitrogens with zero attached hydrogens (tertiary/aromatic N) is 2. The molecule has 2 amide bonds. The Morgan fingerprint density at radius 3 is 2.84 bits per heavy atom. The van der Waals surface area contributed by atoms with Gasteiger partial charge in [0.05, 0.1) is 5.70 Å². The topological polar surface area (TPSA) is 90.2 Å². The van der Waals surface area contributed by atoms with Crippen molar-refractivity contribution in [2.45, 2.75) is 45.1 Å². The molecule has 0 bridgehead atoms. The fourth-order valence-corrected chi connectivity index (χ4v) is 4.73. The number of aromatic nitrogens is 1. The molecule has 2 heterocycles. The van der Waals surface area contributed by atoms with Crippen LogP contribution < -0.4 is 10.6 Å². The van der Waals surface area contributed by atoms with E-state index in [2.05, 4.69) is 15.5 Å². The van der Waals surface area contributed by atoms with Crippen LogP contribution in [0.3, 0.4) is 0 Å². The number of aryl methyl sites for hydroxylation is 1. The van der Waals surface area contributed by atoms with Crippen molar-refractivity contribution in [1.82, 2.24) is 20.1 Å². The smallest absolute Gasteiger partial charge is 0.267 e. The Morgan fingerprint density at radius 1 is 1.26 bits per heavy atom. The monoisotopic (exact) mass is 421 g/mol. The molecule has 7 nitrogen and oxygen atoms in total. The molecule has 164 valence electrons. The van der Waals surface area contributed by atoms with Crippen LogP contribution in [0.1, 0.15) is 59.4 Å². The number of carbonyl (C=O) groups excluding carboxylic acids is 2. The summed E-state index contributed by atoms with van der Waals surface area (Å²) in [6.45, 7) is 2.34. The van der Waals surface area contributed by atoms with E-state index in [1.165, 1.54) is 38.3 Å². The van der Waals surface area contributed by atoms with Crippen LogP contribution >= 0.6 is 0 Å². The van der Waals surface area contributed by atoms with Crippen LogP contribution in [0.4, 0.5) is 0 Å². The Kier molecular flexibility index (Phi) is 6.39. The maximum Gasteiger partial charge on any atom is 0.267 e. The van der Waals surface area contributed by atoms with Gasteiger partial charge < -0.3 is 25.5 Å². The van der Waals surface area contributed by atoms with Gasteiger partial charge in [0.1, 0.15) is 5.69 Å². The molecule has 0 atom stereocenters. The van der Waals surface area contributed by atoms with Crippen molar-refractivity contribution in [2.75, 3.05) is 20.1 Å². The van der Waals surface area contributed by atoms with Crippen molar-refractivity contribution >= 4 is 28.9 Å². The molecule has 7 heteroatoms. The molecule has 0 spiro atoms. The summed E-state index contributed by atoms with van der Waals surface area (Å²) >= 11 is 0. The minimum absolute atomic E-state index is 0.0743. The van der Waals surface area contributed by atoms with Gasteiger partial charge in [0.2, 0.25) is 0 Å². The molecular weight excluding hydrogens is 390 g/mol. The van der Waals surface area contributed by atoms with E-state index in [0.29, 0.717) is 29.4 Å². The molecule has 2 aromatic rings. The molecule has 0 saturated heterocycles.